The Kier molecular flexibility index (Phi) is 4.73. The second-order valence-corrected chi connectivity index (χ2v) is 4.78. The SMILES string of the molecule is CCOc1cc(/C=N\NC(=O)c2cccs2)ccc1O. The Morgan fingerprint density at radius 3 is 3.05 bits per heavy atom. The molecule has 1 aromatic carbocycles. The van der Waals surface area contributed by atoms with Crippen LogP contribution >= 0.6 is 11.3 Å². The lowest BCUT2D eigenvalue weighted by Gasteiger charge is -2.05. The van der Waals surface area contributed by atoms with E-state index >= 15 is 0 Å². The number of phenols is 1. The molecule has 5 nitrogen and oxygen atoms in total. The number of hydrogen-bond donors (Lipinski definition) is 2. The number of benzene rings is 1. The van der Waals surface area contributed by atoms with Gasteiger partial charge in [-0.25, -0.2) is 5.43 Å². The van der Waals surface area contributed by atoms with Crippen molar-refractivity contribution in [3.63, 3.8) is 0 Å². The van der Waals surface area contributed by atoms with Gasteiger partial charge in [0.25, 0.3) is 5.91 Å². The van der Waals surface area contributed by atoms with E-state index < -0.39 is 0 Å². The lowest BCUT2D eigenvalue weighted by Crippen LogP contribution is -2.16. The maximum absolute atomic E-state index is 11.6. The largest absolute Gasteiger partial charge is 0.504 e. The Morgan fingerprint density at radius 2 is 2.35 bits per heavy atom. The number of nitrogens with zero attached hydrogens (tertiary/aromatic N) is 1. The molecule has 0 unspecified atom stereocenters. The minimum absolute atomic E-state index is 0.0756. The summed E-state index contributed by atoms with van der Waals surface area (Å²) in [5.74, 6) is 0.215. The number of carbonyl (C=O) groups excluding carboxylic acids is 1. The molecule has 2 rings (SSSR count). The first-order valence-electron chi connectivity index (χ1n) is 6.03. The summed E-state index contributed by atoms with van der Waals surface area (Å²) >= 11 is 1.35. The van der Waals surface area contributed by atoms with Gasteiger partial charge in [0.05, 0.1) is 17.7 Å². The lowest BCUT2D eigenvalue weighted by atomic mass is 10.2. The molecule has 0 atom stereocenters. The highest BCUT2D eigenvalue weighted by atomic mass is 32.1. The fraction of sp³-hybridized carbons (Fsp3) is 0.143. The van der Waals surface area contributed by atoms with Gasteiger partial charge in [0.1, 0.15) is 0 Å². The summed E-state index contributed by atoms with van der Waals surface area (Å²) in [6.45, 7) is 2.30. The van der Waals surface area contributed by atoms with E-state index in [2.05, 4.69) is 10.5 Å². The molecular weight excluding hydrogens is 276 g/mol. The van der Waals surface area contributed by atoms with Crippen LogP contribution in [0.4, 0.5) is 0 Å². The van der Waals surface area contributed by atoms with E-state index in [0.29, 0.717) is 17.2 Å². The van der Waals surface area contributed by atoms with Crippen molar-refractivity contribution in [2.75, 3.05) is 6.61 Å². The van der Waals surface area contributed by atoms with Crippen LogP contribution in [-0.2, 0) is 0 Å². The number of hydrogen-bond acceptors (Lipinski definition) is 5. The number of rotatable bonds is 5. The van der Waals surface area contributed by atoms with Crippen molar-refractivity contribution in [1.29, 1.82) is 0 Å². The molecule has 0 bridgehead atoms. The maximum atomic E-state index is 11.6. The monoisotopic (exact) mass is 290 g/mol. The van der Waals surface area contributed by atoms with E-state index in [9.17, 15) is 9.90 Å². The molecule has 0 radical (unpaired) electrons. The Morgan fingerprint density at radius 1 is 1.50 bits per heavy atom. The minimum atomic E-state index is -0.250. The van der Waals surface area contributed by atoms with Crippen molar-refractivity contribution in [2.24, 2.45) is 5.10 Å². The van der Waals surface area contributed by atoms with Gasteiger partial charge in [-0.05, 0) is 42.1 Å². The molecule has 1 heterocycles. The number of nitrogens with one attached hydrogen (secondary N) is 1. The minimum Gasteiger partial charge on any atom is -0.504 e. The van der Waals surface area contributed by atoms with E-state index in [-0.39, 0.29) is 11.7 Å². The molecule has 0 saturated carbocycles. The van der Waals surface area contributed by atoms with Crippen molar-refractivity contribution in [3.05, 3.63) is 46.2 Å². The van der Waals surface area contributed by atoms with Crippen LogP contribution < -0.4 is 10.2 Å². The first-order chi connectivity index (χ1) is 9.70. The average molecular weight is 290 g/mol. The first kappa shape index (κ1) is 14.1. The molecule has 0 spiro atoms. The van der Waals surface area contributed by atoms with Crippen LogP contribution in [-0.4, -0.2) is 23.8 Å². The summed E-state index contributed by atoms with van der Waals surface area (Å²) in [6, 6.07) is 8.38. The highest BCUT2D eigenvalue weighted by molar-refractivity contribution is 7.12. The van der Waals surface area contributed by atoms with Crippen LogP contribution in [0.3, 0.4) is 0 Å². The molecule has 6 heteroatoms. The summed E-state index contributed by atoms with van der Waals surface area (Å²) in [5, 5.41) is 15.3. The smallest absolute Gasteiger partial charge is 0.281 e. The Bertz CT molecular complexity index is 609. The molecule has 0 aliphatic heterocycles. The molecule has 0 fully saturated rings. The molecule has 1 amide bonds. The standard InChI is InChI=1S/C14H14N2O3S/c1-2-19-12-8-10(5-6-11(12)17)9-15-16-14(18)13-4-3-7-20-13/h3-9,17H,2H2,1H3,(H,16,18)/b15-9-. The summed E-state index contributed by atoms with van der Waals surface area (Å²) in [7, 11) is 0. The van der Waals surface area contributed by atoms with E-state index in [1.807, 2.05) is 12.3 Å². The van der Waals surface area contributed by atoms with Crippen LogP contribution in [0.5, 0.6) is 11.5 Å². The molecule has 20 heavy (non-hydrogen) atoms. The molecule has 0 saturated heterocycles. The third-order valence-corrected chi connectivity index (χ3v) is 3.28. The van der Waals surface area contributed by atoms with Crippen LogP contribution in [0.15, 0.2) is 40.8 Å². The molecule has 104 valence electrons. The van der Waals surface area contributed by atoms with Crippen LogP contribution in [0, 0.1) is 0 Å². The fourth-order valence-corrected chi connectivity index (χ4v) is 2.12. The van der Waals surface area contributed by atoms with Crippen molar-refractivity contribution < 1.29 is 14.6 Å². The molecule has 1 aromatic heterocycles. The lowest BCUT2D eigenvalue weighted by molar-refractivity contribution is 0.0959. The number of phenolic OH excluding ortho intramolecular Hbond substituents is 1. The third-order valence-electron chi connectivity index (χ3n) is 2.41. The normalized spacial score (nSPS) is 10.7. The number of amides is 1. The quantitative estimate of drug-likeness (QED) is 0.657. The number of thiophene rings is 1. The van der Waals surface area contributed by atoms with Crippen molar-refractivity contribution in [3.8, 4) is 11.5 Å². The van der Waals surface area contributed by atoms with Gasteiger partial charge in [0.2, 0.25) is 0 Å². The molecule has 0 aliphatic rings. The van der Waals surface area contributed by atoms with Crippen molar-refractivity contribution in [1.82, 2.24) is 5.43 Å². The van der Waals surface area contributed by atoms with E-state index in [1.165, 1.54) is 23.6 Å². The maximum Gasteiger partial charge on any atom is 0.281 e. The van der Waals surface area contributed by atoms with Gasteiger partial charge in [0.15, 0.2) is 11.5 Å². The van der Waals surface area contributed by atoms with E-state index in [0.717, 1.165) is 5.56 Å². The van der Waals surface area contributed by atoms with Crippen molar-refractivity contribution >= 4 is 23.5 Å². The Labute approximate surface area is 120 Å². The van der Waals surface area contributed by atoms with Gasteiger partial charge in [-0.1, -0.05) is 6.07 Å². The van der Waals surface area contributed by atoms with Crippen LogP contribution in [0.25, 0.3) is 0 Å². The van der Waals surface area contributed by atoms with Crippen molar-refractivity contribution in [2.45, 2.75) is 6.92 Å². The predicted molar refractivity (Wildman–Crippen MR) is 78.7 cm³/mol. The van der Waals surface area contributed by atoms with Gasteiger partial charge in [-0.2, -0.15) is 5.10 Å². The molecule has 2 N–H and O–H groups in total. The summed E-state index contributed by atoms with van der Waals surface area (Å²) in [5.41, 5.74) is 3.16. The van der Waals surface area contributed by atoms with Gasteiger partial charge in [0, 0.05) is 0 Å². The highest BCUT2D eigenvalue weighted by Crippen LogP contribution is 2.26. The number of aromatic hydroxyl groups is 1. The highest BCUT2D eigenvalue weighted by Gasteiger charge is 2.04. The molecular formula is C14H14N2O3S. The first-order valence-corrected chi connectivity index (χ1v) is 6.91. The predicted octanol–water partition coefficient (Wildman–Crippen LogP) is 2.62. The number of ether oxygens (including phenoxy) is 1. The van der Waals surface area contributed by atoms with Gasteiger partial charge in [-0.15, -0.1) is 11.3 Å². The van der Waals surface area contributed by atoms with Crippen LogP contribution in [0.2, 0.25) is 0 Å². The third kappa shape index (κ3) is 3.58. The fourth-order valence-electron chi connectivity index (χ4n) is 1.51. The van der Waals surface area contributed by atoms with E-state index in [1.54, 1.807) is 24.3 Å². The second-order valence-electron chi connectivity index (χ2n) is 3.84. The zero-order valence-corrected chi connectivity index (χ0v) is 11.7. The van der Waals surface area contributed by atoms with Gasteiger partial charge < -0.3 is 9.84 Å². The zero-order valence-electron chi connectivity index (χ0n) is 10.9. The van der Waals surface area contributed by atoms with Gasteiger partial charge >= 0.3 is 0 Å². The van der Waals surface area contributed by atoms with E-state index in [4.69, 9.17) is 4.74 Å². The zero-order chi connectivity index (χ0) is 14.4. The van der Waals surface area contributed by atoms with Crippen LogP contribution in [0.1, 0.15) is 22.2 Å². The van der Waals surface area contributed by atoms with Gasteiger partial charge in [-0.3, -0.25) is 4.79 Å². The number of carbonyl (C=O) groups is 1. The number of hydrazone groups is 1. The topological polar surface area (TPSA) is 70.9 Å². The second kappa shape index (κ2) is 6.72. The molecule has 2 aromatic rings. The summed E-state index contributed by atoms with van der Waals surface area (Å²) < 4.78 is 5.27. The molecule has 0 aliphatic carbocycles. The Balaban J connectivity index is 2.01. The average Bonchev–Trinajstić information content (AvgIpc) is 2.96. The summed E-state index contributed by atoms with van der Waals surface area (Å²) in [4.78, 5) is 12.2. The summed E-state index contributed by atoms with van der Waals surface area (Å²) in [6.07, 6.45) is 1.49. The Hall–Kier alpha value is -2.34.